The van der Waals surface area contributed by atoms with E-state index in [1.807, 2.05) is 30.3 Å². The van der Waals surface area contributed by atoms with Crippen LogP contribution < -0.4 is 5.56 Å². The van der Waals surface area contributed by atoms with Gasteiger partial charge < -0.3 is 9.84 Å². The van der Waals surface area contributed by atoms with Gasteiger partial charge >= 0.3 is 5.97 Å². The number of ether oxygens (including phenoxy) is 1. The number of halogens is 2. The summed E-state index contributed by atoms with van der Waals surface area (Å²) in [4.78, 5) is 24.1. The van der Waals surface area contributed by atoms with Crippen molar-refractivity contribution in [3.63, 3.8) is 0 Å². The van der Waals surface area contributed by atoms with Crippen molar-refractivity contribution in [2.75, 3.05) is 13.2 Å². The zero-order chi connectivity index (χ0) is 24.1. The largest absolute Gasteiger partial charge is 0.480 e. The molecule has 1 heterocycles. The van der Waals surface area contributed by atoms with Crippen molar-refractivity contribution in [3.05, 3.63) is 75.8 Å². The van der Waals surface area contributed by atoms with E-state index >= 15 is 0 Å². The maximum atomic E-state index is 15.0. The number of carboxylic acids is 1. The Morgan fingerprint density at radius 3 is 2.50 bits per heavy atom. The van der Waals surface area contributed by atoms with E-state index in [0.29, 0.717) is 11.3 Å². The smallest absolute Gasteiger partial charge is 0.329 e. The molecule has 0 amide bonds. The first-order chi connectivity index (χ1) is 16.4. The van der Waals surface area contributed by atoms with Gasteiger partial charge in [-0.15, -0.1) is 0 Å². The fourth-order valence-corrected chi connectivity index (χ4v) is 4.80. The monoisotopic (exact) mass is 484 g/mol. The number of carbonyl (C=O) groups is 1. The minimum Gasteiger partial charge on any atom is -0.480 e. The number of benzene rings is 2. The first-order valence-corrected chi connectivity index (χ1v) is 11.7. The molecule has 0 unspecified atom stereocenters. The highest BCUT2D eigenvalue weighted by atomic mass is 35.5. The molecular formula is C26H26ClFN2O4. The van der Waals surface area contributed by atoms with Crippen molar-refractivity contribution >= 4 is 17.6 Å². The van der Waals surface area contributed by atoms with Gasteiger partial charge in [0.1, 0.15) is 18.1 Å². The van der Waals surface area contributed by atoms with Crippen molar-refractivity contribution < 1.29 is 19.0 Å². The predicted molar refractivity (Wildman–Crippen MR) is 128 cm³/mol. The second-order valence-electron chi connectivity index (χ2n) is 8.84. The van der Waals surface area contributed by atoms with E-state index in [2.05, 4.69) is 5.10 Å². The zero-order valence-corrected chi connectivity index (χ0v) is 19.4. The third kappa shape index (κ3) is 5.54. The zero-order valence-electron chi connectivity index (χ0n) is 18.7. The maximum absolute atomic E-state index is 15.0. The van der Waals surface area contributed by atoms with Crippen LogP contribution in [-0.2, 0) is 16.1 Å². The number of nitrogens with zero attached hydrogens (tertiary/aromatic N) is 2. The van der Waals surface area contributed by atoms with Crippen molar-refractivity contribution in [1.82, 2.24) is 9.78 Å². The van der Waals surface area contributed by atoms with Crippen molar-refractivity contribution in [2.24, 2.45) is 5.41 Å². The van der Waals surface area contributed by atoms with Gasteiger partial charge in [-0.1, -0.05) is 61.2 Å². The summed E-state index contributed by atoms with van der Waals surface area (Å²) in [5.74, 6) is -1.56. The Hall–Kier alpha value is -3.03. The number of rotatable bonds is 8. The van der Waals surface area contributed by atoms with E-state index in [0.717, 1.165) is 37.7 Å². The van der Waals surface area contributed by atoms with Gasteiger partial charge in [0, 0.05) is 27.6 Å². The topological polar surface area (TPSA) is 81.4 Å². The van der Waals surface area contributed by atoms with Crippen LogP contribution in [0.5, 0.6) is 0 Å². The first kappa shape index (κ1) is 24.1. The van der Waals surface area contributed by atoms with Crippen LogP contribution in [0.15, 0.2) is 59.4 Å². The Balaban J connectivity index is 1.78. The molecule has 6 nitrogen and oxygen atoms in total. The minimum atomic E-state index is -1.03. The third-order valence-corrected chi connectivity index (χ3v) is 6.54. The molecule has 1 N–H and O–H groups in total. The molecule has 0 spiro atoms. The summed E-state index contributed by atoms with van der Waals surface area (Å²) in [6, 6.07) is 15.1. The summed E-state index contributed by atoms with van der Waals surface area (Å²) in [7, 11) is 0. The van der Waals surface area contributed by atoms with Gasteiger partial charge in [-0.2, -0.15) is 5.10 Å². The molecule has 0 atom stereocenters. The number of hydrogen-bond donors (Lipinski definition) is 1. The molecule has 3 aromatic rings. The fraction of sp³-hybridized carbons (Fsp3) is 0.346. The van der Waals surface area contributed by atoms with Gasteiger partial charge in [-0.25, -0.2) is 13.9 Å². The highest BCUT2D eigenvalue weighted by Gasteiger charge is 2.34. The average molecular weight is 485 g/mol. The van der Waals surface area contributed by atoms with Crippen LogP contribution in [0, 0.1) is 11.2 Å². The van der Waals surface area contributed by atoms with Gasteiger partial charge in [-0.3, -0.25) is 4.79 Å². The summed E-state index contributed by atoms with van der Waals surface area (Å²) in [6.07, 6.45) is 4.60. The van der Waals surface area contributed by atoms with Crippen LogP contribution in [0.2, 0.25) is 5.02 Å². The molecule has 0 saturated heterocycles. The van der Waals surface area contributed by atoms with Crippen LogP contribution in [0.4, 0.5) is 4.39 Å². The molecule has 34 heavy (non-hydrogen) atoms. The van der Waals surface area contributed by atoms with Crippen molar-refractivity contribution in [2.45, 2.75) is 38.6 Å². The maximum Gasteiger partial charge on any atom is 0.329 e. The molecule has 1 aromatic heterocycles. The molecule has 1 saturated carbocycles. The normalized spacial score (nSPS) is 15.2. The van der Waals surface area contributed by atoms with E-state index < -0.39 is 23.8 Å². The number of carboxylic acid groups (broad SMARTS) is 1. The summed E-state index contributed by atoms with van der Waals surface area (Å²) in [5.41, 5.74) is 1.16. The molecule has 1 aliphatic rings. The summed E-state index contributed by atoms with van der Waals surface area (Å²) in [6.45, 7) is 0.0967. The molecule has 2 aromatic carbocycles. The highest BCUT2D eigenvalue weighted by molar-refractivity contribution is 6.30. The van der Waals surface area contributed by atoms with Crippen LogP contribution in [0.1, 0.15) is 32.1 Å². The minimum absolute atomic E-state index is 0.221. The van der Waals surface area contributed by atoms with E-state index in [9.17, 15) is 14.0 Å². The molecule has 178 valence electrons. The first-order valence-electron chi connectivity index (χ1n) is 11.3. The Morgan fingerprint density at radius 1 is 1.09 bits per heavy atom. The van der Waals surface area contributed by atoms with Crippen LogP contribution in [0.25, 0.3) is 22.4 Å². The summed E-state index contributed by atoms with van der Waals surface area (Å²) < 4.78 is 21.8. The molecule has 4 rings (SSSR count). The second-order valence-corrected chi connectivity index (χ2v) is 9.28. The summed E-state index contributed by atoms with van der Waals surface area (Å²) in [5, 5.41) is 13.9. The van der Waals surface area contributed by atoms with E-state index in [1.54, 1.807) is 12.1 Å². The van der Waals surface area contributed by atoms with Crippen molar-refractivity contribution in [1.29, 1.82) is 0 Å². The third-order valence-electron chi connectivity index (χ3n) is 6.30. The van der Waals surface area contributed by atoms with E-state index in [4.69, 9.17) is 21.4 Å². The second kappa shape index (κ2) is 10.5. The Bertz CT molecular complexity index is 1220. The lowest BCUT2D eigenvalue weighted by Gasteiger charge is -2.37. The molecule has 8 heteroatoms. The van der Waals surface area contributed by atoms with Crippen LogP contribution >= 0.6 is 11.6 Å². The van der Waals surface area contributed by atoms with Gasteiger partial charge in [0.25, 0.3) is 5.56 Å². The molecule has 1 aliphatic carbocycles. The Labute approximate surface area is 202 Å². The molecular weight excluding hydrogens is 459 g/mol. The van der Waals surface area contributed by atoms with Gasteiger partial charge in [0.2, 0.25) is 0 Å². The predicted octanol–water partition coefficient (Wildman–Crippen LogP) is 5.42. The van der Waals surface area contributed by atoms with E-state index in [-0.39, 0.29) is 29.3 Å². The molecule has 0 radical (unpaired) electrons. The van der Waals surface area contributed by atoms with E-state index in [1.165, 1.54) is 16.8 Å². The van der Waals surface area contributed by atoms with Crippen LogP contribution in [0.3, 0.4) is 0 Å². The molecule has 0 bridgehead atoms. The highest BCUT2D eigenvalue weighted by Crippen LogP contribution is 2.38. The van der Waals surface area contributed by atoms with Crippen LogP contribution in [-0.4, -0.2) is 34.1 Å². The standard InChI is InChI=1S/C26H26ClFN2O4/c27-19-9-10-20(22(28)13-19)25-21(18-7-3-1-4-8-18)14-23(31)30(29-25)16-26(11-5-2-6-12-26)17-34-15-24(32)33/h1,3-4,7-10,13-14H,2,5-6,11-12,15-17H2,(H,32,33). The molecule has 1 fully saturated rings. The van der Waals surface area contributed by atoms with Crippen molar-refractivity contribution in [3.8, 4) is 22.4 Å². The van der Waals surface area contributed by atoms with Gasteiger partial charge in [0.15, 0.2) is 0 Å². The van der Waals surface area contributed by atoms with Gasteiger partial charge in [-0.05, 0) is 36.6 Å². The number of hydrogen-bond acceptors (Lipinski definition) is 4. The molecule has 0 aliphatic heterocycles. The number of aliphatic carboxylic acids is 1. The average Bonchev–Trinajstić information content (AvgIpc) is 2.81. The van der Waals surface area contributed by atoms with Gasteiger partial charge in [0.05, 0.1) is 13.2 Å². The number of aromatic nitrogens is 2. The summed E-state index contributed by atoms with van der Waals surface area (Å²) >= 11 is 5.96. The quantitative estimate of drug-likeness (QED) is 0.461. The Morgan fingerprint density at radius 2 is 1.82 bits per heavy atom. The fourth-order valence-electron chi connectivity index (χ4n) is 4.64. The lowest BCUT2D eigenvalue weighted by atomic mass is 9.74. The Kier molecular flexibility index (Phi) is 7.44. The lowest BCUT2D eigenvalue weighted by Crippen LogP contribution is -2.39. The SMILES string of the molecule is O=C(O)COCC1(Cn2nc(-c3ccc(Cl)cc3F)c(-c3ccccc3)cc2=O)CCCCC1. The lowest BCUT2D eigenvalue weighted by molar-refractivity contribution is -0.144.